The number of aliphatic hydroxyl groups excluding tert-OH is 1. The van der Waals surface area contributed by atoms with Gasteiger partial charge in [0.2, 0.25) is 0 Å². The smallest absolute Gasteiger partial charge is 0.331 e. The minimum Gasteiger partial charge on any atom is -0.464 e. The molecular weight excluding hydrogens is 216 g/mol. The van der Waals surface area contributed by atoms with Gasteiger partial charge >= 0.3 is 5.97 Å². The van der Waals surface area contributed by atoms with Crippen molar-refractivity contribution in [3.63, 3.8) is 0 Å². The summed E-state index contributed by atoms with van der Waals surface area (Å²) in [5.41, 5.74) is 0. The zero-order valence-electron chi connectivity index (χ0n) is 10.8. The molecule has 0 saturated heterocycles. The van der Waals surface area contributed by atoms with Crippen molar-refractivity contribution in [2.24, 2.45) is 0 Å². The first-order valence-electron chi connectivity index (χ1n) is 6.53. The predicted molar refractivity (Wildman–Crippen MR) is 68.4 cm³/mol. The number of ether oxygens (including phenoxy) is 1. The normalized spacial score (nSPS) is 9.53. The van der Waals surface area contributed by atoms with Gasteiger partial charge in [-0.25, -0.2) is 4.79 Å². The lowest BCUT2D eigenvalue weighted by molar-refractivity contribution is -0.147. The van der Waals surface area contributed by atoms with E-state index < -0.39 is 12.6 Å². The van der Waals surface area contributed by atoms with Crippen LogP contribution in [-0.2, 0) is 9.53 Å². The Bertz CT molecular complexity index is 238. The zero-order chi connectivity index (χ0) is 12.8. The molecule has 3 nitrogen and oxygen atoms in total. The summed E-state index contributed by atoms with van der Waals surface area (Å²) in [6, 6.07) is 0. The zero-order valence-corrected chi connectivity index (χ0v) is 10.8. The predicted octanol–water partition coefficient (Wildman–Crippen LogP) is 2.67. The second-order valence-electron chi connectivity index (χ2n) is 4.00. The molecule has 0 aromatic heterocycles. The molecule has 0 spiro atoms. The van der Waals surface area contributed by atoms with E-state index in [1.807, 2.05) is 0 Å². The maximum absolute atomic E-state index is 10.6. The van der Waals surface area contributed by atoms with E-state index in [1.165, 1.54) is 6.42 Å². The standard InChI is InChI=1S/C14H24O3/c1-2-3-4-5-6-7-8-9-10-11-12-17-14(16)13-15/h15H,2-3,6-13H2,1H3. The van der Waals surface area contributed by atoms with Gasteiger partial charge in [0.05, 0.1) is 6.61 Å². The van der Waals surface area contributed by atoms with E-state index in [4.69, 9.17) is 9.84 Å². The average Bonchev–Trinajstić information content (AvgIpc) is 2.35. The van der Waals surface area contributed by atoms with E-state index in [2.05, 4.69) is 18.8 Å². The number of carbonyl (C=O) groups is 1. The topological polar surface area (TPSA) is 46.5 Å². The Kier molecular flexibility index (Phi) is 12.3. The van der Waals surface area contributed by atoms with Gasteiger partial charge in [-0.3, -0.25) is 0 Å². The van der Waals surface area contributed by atoms with Crippen LogP contribution in [0.3, 0.4) is 0 Å². The van der Waals surface area contributed by atoms with Gasteiger partial charge in [-0.15, -0.1) is 11.8 Å². The fourth-order valence-corrected chi connectivity index (χ4v) is 1.38. The summed E-state index contributed by atoms with van der Waals surface area (Å²) in [6.45, 7) is 2.05. The molecule has 0 heterocycles. The van der Waals surface area contributed by atoms with Gasteiger partial charge in [-0.2, -0.15) is 0 Å². The van der Waals surface area contributed by atoms with Crippen LogP contribution in [0.25, 0.3) is 0 Å². The molecule has 0 fully saturated rings. The minimum atomic E-state index is -0.531. The molecule has 0 saturated carbocycles. The quantitative estimate of drug-likeness (QED) is 0.383. The van der Waals surface area contributed by atoms with Crippen molar-refractivity contribution in [2.45, 2.75) is 58.3 Å². The van der Waals surface area contributed by atoms with Crippen LogP contribution in [0, 0.1) is 11.8 Å². The van der Waals surface area contributed by atoms with Gasteiger partial charge in [0, 0.05) is 12.8 Å². The summed E-state index contributed by atoms with van der Waals surface area (Å²) in [6.07, 6.45) is 8.61. The van der Waals surface area contributed by atoms with Crippen molar-refractivity contribution in [1.29, 1.82) is 0 Å². The van der Waals surface area contributed by atoms with Gasteiger partial charge < -0.3 is 9.84 Å². The van der Waals surface area contributed by atoms with Crippen molar-refractivity contribution in [3.05, 3.63) is 0 Å². The molecular formula is C14H24O3. The van der Waals surface area contributed by atoms with Crippen molar-refractivity contribution in [2.75, 3.05) is 13.2 Å². The van der Waals surface area contributed by atoms with Crippen LogP contribution in [0.2, 0.25) is 0 Å². The van der Waals surface area contributed by atoms with Gasteiger partial charge in [-0.05, 0) is 19.3 Å². The highest BCUT2D eigenvalue weighted by molar-refractivity contribution is 5.70. The Morgan fingerprint density at radius 1 is 1.06 bits per heavy atom. The number of hydrogen-bond acceptors (Lipinski definition) is 3. The number of rotatable bonds is 9. The summed E-state index contributed by atoms with van der Waals surface area (Å²) >= 11 is 0. The number of carbonyl (C=O) groups excluding carboxylic acids is 1. The fraction of sp³-hybridized carbons (Fsp3) is 0.786. The van der Waals surface area contributed by atoms with Gasteiger partial charge in [0.25, 0.3) is 0 Å². The van der Waals surface area contributed by atoms with Crippen LogP contribution in [0.4, 0.5) is 0 Å². The van der Waals surface area contributed by atoms with Crippen LogP contribution in [0.1, 0.15) is 58.3 Å². The van der Waals surface area contributed by atoms with E-state index >= 15 is 0 Å². The molecule has 0 radical (unpaired) electrons. The second-order valence-corrected chi connectivity index (χ2v) is 4.00. The summed E-state index contributed by atoms with van der Waals surface area (Å²) in [5.74, 6) is 5.77. The third-order valence-corrected chi connectivity index (χ3v) is 2.34. The molecule has 3 heteroatoms. The Morgan fingerprint density at radius 2 is 1.71 bits per heavy atom. The number of aliphatic hydroxyl groups is 1. The molecule has 0 atom stereocenters. The first kappa shape index (κ1) is 16.0. The van der Waals surface area contributed by atoms with E-state index in [0.29, 0.717) is 6.61 Å². The second kappa shape index (κ2) is 13.1. The summed E-state index contributed by atoms with van der Waals surface area (Å²) in [7, 11) is 0. The summed E-state index contributed by atoms with van der Waals surface area (Å²) < 4.78 is 4.75. The van der Waals surface area contributed by atoms with Gasteiger partial charge in [0.1, 0.15) is 6.61 Å². The molecule has 0 aliphatic rings. The molecule has 0 unspecified atom stereocenters. The largest absolute Gasteiger partial charge is 0.464 e. The monoisotopic (exact) mass is 240 g/mol. The fourth-order valence-electron chi connectivity index (χ4n) is 1.38. The average molecular weight is 240 g/mol. The molecule has 0 rings (SSSR count). The highest BCUT2D eigenvalue weighted by atomic mass is 16.5. The van der Waals surface area contributed by atoms with Crippen LogP contribution in [0.15, 0.2) is 0 Å². The minimum absolute atomic E-state index is 0.426. The lowest BCUT2D eigenvalue weighted by Crippen LogP contribution is -2.09. The SMILES string of the molecule is CCCC#CCCCCCCCOC(=O)CO. The lowest BCUT2D eigenvalue weighted by Gasteiger charge is -2.02. The Hall–Kier alpha value is -1.01. The van der Waals surface area contributed by atoms with Crippen LogP contribution in [0.5, 0.6) is 0 Å². The molecule has 0 aromatic carbocycles. The highest BCUT2D eigenvalue weighted by Gasteiger charge is 1.97. The Labute approximate surface area is 105 Å². The summed E-state index contributed by atoms with van der Waals surface area (Å²) in [5, 5.41) is 8.41. The number of hydrogen-bond donors (Lipinski definition) is 1. The van der Waals surface area contributed by atoms with Crippen molar-refractivity contribution in [3.8, 4) is 11.8 Å². The van der Waals surface area contributed by atoms with Crippen molar-refractivity contribution < 1.29 is 14.6 Å². The van der Waals surface area contributed by atoms with Crippen LogP contribution < -0.4 is 0 Å². The van der Waals surface area contributed by atoms with Gasteiger partial charge in [-0.1, -0.05) is 26.2 Å². The lowest BCUT2D eigenvalue weighted by atomic mass is 10.1. The molecule has 0 bridgehead atoms. The molecule has 0 aromatic rings. The molecule has 17 heavy (non-hydrogen) atoms. The Balaban J connectivity index is 3.09. The molecule has 0 aliphatic carbocycles. The highest BCUT2D eigenvalue weighted by Crippen LogP contribution is 2.05. The van der Waals surface area contributed by atoms with Crippen molar-refractivity contribution >= 4 is 5.97 Å². The van der Waals surface area contributed by atoms with E-state index in [9.17, 15) is 4.79 Å². The number of esters is 1. The molecule has 0 amide bonds. The molecule has 0 aliphatic heterocycles. The maximum Gasteiger partial charge on any atom is 0.331 e. The van der Waals surface area contributed by atoms with Crippen LogP contribution >= 0.6 is 0 Å². The summed E-state index contributed by atoms with van der Waals surface area (Å²) in [4.78, 5) is 10.6. The third kappa shape index (κ3) is 12.9. The van der Waals surface area contributed by atoms with Gasteiger partial charge in [0.15, 0.2) is 0 Å². The molecule has 1 N–H and O–H groups in total. The first-order chi connectivity index (χ1) is 8.31. The van der Waals surface area contributed by atoms with E-state index in [-0.39, 0.29) is 0 Å². The van der Waals surface area contributed by atoms with E-state index in [0.717, 1.165) is 44.9 Å². The molecule has 98 valence electrons. The maximum atomic E-state index is 10.6. The van der Waals surface area contributed by atoms with Crippen LogP contribution in [-0.4, -0.2) is 24.3 Å². The first-order valence-corrected chi connectivity index (χ1v) is 6.53. The van der Waals surface area contributed by atoms with Crippen molar-refractivity contribution in [1.82, 2.24) is 0 Å². The Morgan fingerprint density at radius 3 is 2.41 bits per heavy atom. The van der Waals surface area contributed by atoms with E-state index in [1.54, 1.807) is 0 Å². The third-order valence-electron chi connectivity index (χ3n) is 2.34. The number of unbranched alkanes of at least 4 members (excludes halogenated alkanes) is 6.